The molecule has 32 heavy (non-hydrogen) atoms. The summed E-state index contributed by atoms with van der Waals surface area (Å²) in [5.74, 6) is 1.10. The maximum absolute atomic E-state index is 12.5. The number of aromatic nitrogens is 3. The van der Waals surface area contributed by atoms with Crippen LogP contribution in [-0.2, 0) is 11.3 Å². The van der Waals surface area contributed by atoms with Gasteiger partial charge in [0.05, 0.1) is 24.1 Å². The zero-order valence-corrected chi connectivity index (χ0v) is 19.2. The van der Waals surface area contributed by atoms with Gasteiger partial charge in [-0.05, 0) is 45.0 Å². The van der Waals surface area contributed by atoms with Crippen LogP contribution in [0.1, 0.15) is 43.0 Å². The van der Waals surface area contributed by atoms with E-state index in [1.165, 1.54) is 11.8 Å². The SMILES string of the molecule is CCOc1ccccc1NC(=O)CSc1nnc(C(C)NC(=O)c2ccccc2)n1CC. The van der Waals surface area contributed by atoms with Gasteiger partial charge < -0.3 is 19.9 Å². The largest absolute Gasteiger partial charge is 0.492 e. The van der Waals surface area contributed by atoms with Gasteiger partial charge in [0.25, 0.3) is 5.91 Å². The van der Waals surface area contributed by atoms with Crippen LogP contribution in [-0.4, -0.2) is 38.9 Å². The Morgan fingerprint density at radius 2 is 1.78 bits per heavy atom. The van der Waals surface area contributed by atoms with E-state index in [9.17, 15) is 9.59 Å². The number of carbonyl (C=O) groups is 2. The third-order valence-electron chi connectivity index (χ3n) is 4.63. The molecule has 0 saturated heterocycles. The Morgan fingerprint density at radius 3 is 2.50 bits per heavy atom. The minimum absolute atomic E-state index is 0.167. The van der Waals surface area contributed by atoms with Gasteiger partial charge in [-0.25, -0.2) is 0 Å². The van der Waals surface area contributed by atoms with E-state index >= 15 is 0 Å². The smallest absolute Gasteiger partial charge is 0.251 e. The molecule has 0 fully saturated rings. The maximum atomic E-state index is 12.5. The molecule has 0 saturated carbocycles. The standard InChI is InChI=1S/C23H27N5O3S/c1-4-28-21(16(3)24-22(30)17-11-7-6-8-12-17)26-27-23(28)32-15-20(29)25-18-13-9-10-14-19(18)31-5-2/h6-14,16H,4-5,15H2,1-3H3,(H,24,30)(H,25,29). The fraction of sp³-hybridized carbons (Fsp3) is 0.304. The number of rotatable bonds is 10. The molecule has 168 valence electrons. The van der Waals surface area contributed by atoms with Crippen LogP contribution >= 0.6 is 11.8 Å². The summed E-state index contributed by atoms with van der Waals surface area (Å²) in [6.45, 7) is 6.87. The van der Waals surface area contributed by atoms with Crippen molar-refractivity contribution in [2.24, 2.45) is 0 Å². The monoisotopic (exact) mass is 453 g/mol. The van der Waals surface area contributed by atoms with Crippen molar-refractivity contribution < 1.29 is 14.3 Å². The van der Waals surface area contributed by atoms with Crippen LogP contribution in [0.3, 0.4) is 0 Å². The summed E-state index contributed by atoms with van der Waals surface area (Å²) in [6, 6.07) is 16.0. The molecule has 1 unspecified atom stereocenters. The third kappa shape index (κ3) is 5.88. The molecule has 2 amide bonds. The highest BCUT2D eigenvalue weighted by molar-refractivity contribution is 7.99. The summed E-state index contributed by atoms with van der Waals surface area (Å²) < 4.78 is 7.45. The topological polar surface area (TPSA) is 98.1 Å². The van der Waals surface area contributed by atoms with Gasteiger partial charge in [0.15, 0.2) is 11.0 Å². The van der Waals surface area contributed by atoms with Crippen molar-refractivity contribution in [2.45, 2.75) is 38.5 Å². The number of benzene rings is 2. The van der Waals surface area contributed by atoms with E-state index in [0.717, 1.165) is 0 Å². The molecule has 0 spiro atoms. The fourth-order valence-corrected chi connectivity index (χ4v) is 3.94. The molecule has 3 aromatic rings. The zero-order chi connectivity index (χ0) is 22.9. The van der Waals surface area contributed by atoms with Crippen molar-refractivity contribution in [1.82, 2.24) is 20.1 Å². The number of nitrogens with zero attached hydrogens (tertiary/aromatic N) is 3. The van der Waals surface area contributed by atoms with Crippen molar-refractivity contribution in [3.8, 4) is 5.75 Å². The molecule has 2 aromatic carbocycles. The Balaban J connectivity index is 1.62. The normalized spacial score (nSPS) is 11.6. The van der Waals surface area contributed by atoms with Crippen LogP contribution < -0.4 is 15.4 Å². The van der Waals surface area contributed by atoms with E-state index in [1.54, 1.807) is 18.2 Å². The molecular formula is C23H27N5O3S. The molecule has 0 aliphatic heterocycles. The predicted molar refractivity (Wildman–Crippen MR) is 125 cm³/mol. The quantitative estimate of drug-likeness (QED) is 0.452. The minimum atomic E-state index is -0.337. The Labute approximate surface area is 191 Å². The number of anilines is 1. The summed E-state index contributed by atoms with van der Waals surface area (Å²) in [5, 5.41) is 14.9. The summed E-state index contributed by atoms with van der Waals surface area (Å²) in [5.41, 5.74) is 1.22. The van der Waals surface area contributed by atoms with Crippen LogP contribution in [0, 0.1) is 0 Å². The minimum Gasteiger partial charge on any atom is -0.492 e. The second-order valence-electron chi connectivity index (χ2n) is 6.91. The first-order valence-electron chi connectivity index (χ1n) is 10.5. The molecule has 1 heterocycles. The molecule has 1 aromatic heterocycles. The predicted octanol–water partition coefficient (Wildman–Crippen LogP) is 3.92. The van der Waals surface area contributed by atoms with Crippen LogP contribution in [0.2, 0.25) is 0 Å². The Kier molecular flexibility index (Phi) is 8.27. The van der Waals surface area contributed by atoms with Crippen molar-refractivity contribution in [3.05, 3.63) is 66.0 Å². The zero-order valence-electron chi connectivity index (χ0n) is 18.4. The highest BCUT2D eigenvalue weighted by Crippen LogP contribution is 2.25. The summed E-state index contributed by atoms with van der Waals surface area (Å²) >= 11 is 1.30. The van der Waals surface area contributed by atoms with Gasteiger partial charge in [0.1, 0.15) is 5.75 Å². The van der Waals surface area contributed by atoms with Gasteiger partial charge in [-0.3, -0.25) is 9.59 Å². The summed E-state index contributed by atoms with van der Waals surface area (Å²) in [7, 11) is 0. The Morgan fingerprint density at radius 1 is 1.06 bits per heavy atom. The van der Waals surface area contributed by atoms with Crippen molar-refractivity contribution >= 4 is 29.3 Å². The lowest BCUT2D eigenvalue weighted by Gasteiger charge is -2.15. The lowest BCUT2D eigenvalue weighted by atomic mass is 10.2. The van der Waals surface area contributed by atoms with Crippen LogP contribution in [0.4, 0.5) is 5.69 Å². The van der Waals surface area contributed by atoms with Gasteiger partial charge in [-0.1, -0.05) is 42.1 Å². The third-order valence-corrected chi connectivity index (χ3v) is 5.59. The number of hydrogen-bond donors (Lipinski definition) is 2. The number of hydrogen-bond acceptors (Lipinski definition) is 6. The molecule has 0 aliphatic carbocycles. The fourth-order valence-electron chi connectivity index (χ4n) is 3.13. The number of para-hydroxylation sites is 2. The average Bonchev–Trinajstić information content (AvgIpc) is 3.23. The lowest BCUT2D eigenvalue weighted by Crippen LogP contribution is -2.28. The average molecular weight is 454 g/mol. The Hall–Kier alpha value is -3.33. The van der Waals surface area contributed by atoms with Crippen LogP contribution in [0.15, 0.2) is 59.8 Å². The lowest BCUT2D eigenvalue weighted by molar-refractivity contribution is -0.113. The highest BCUT2D eigenvalue weighted by atomic mass is 32.2. The van der Waals surface area contributed by atoms with E-state index in [2.05, 4.69) is 20.8 Å². The maximum Gasteiger partial charge on any atom is 0.251 e. The van der Waals surface area contributed by atoms with Gasteiger partial charge in [-0.15, -0.1) is 10.2 Å². The second kappa shape index (κ2) is 11.3. The number of amides is 2. The summed E-state index contributed by atoms with van der Waals surface area (Å²) in [4.78, 5) is 24.9. The van der Waals surface area contributed by atoms with E-state index in [4.69, 9.17) is 4.74 Å². The first-order chi connectivity index (χ1) is 15.5. The number of thioether (sulfide) groups is 1. The van der Waals surface area contributed by atoms with E-state index < -0.39 is 0 Å². The number of ether oxygens (including phenoxy) is 1. The van der Waals surface area contributed by atoms with Gasteiger partial charge >= 0.3 is 0 Å². The number of nitrogens with one attached hydrogen (secondary N) is 2. The molecule has 0 aliphatic rings. The van der Waals surface area contributed by atoms with Crippen molar-refractivity contribution in [3.63, 3.8) is 0 Å². The molecule has 9 heteroatoms. The molecule has 8 nitrogen and oxygen atoms in total. The highest BCUT2D eigenvalue weighted by Gasteiger charge is 2.20. The molecule has 0 bridgehead atoms. The summed E-state index contributed by atoms with van der Waals surface area (Å²) in [6.07, 6.45) is 0. The van der Waals surface area contributed by atoms with E-state index in [1.807, 2.05) is 61.7 Å². The van der Waals surface area contributed by atoms with Crippen LogP contribution in [0.5, 0.6) is 5.75 Å². The van der Waals surface area contributed by atoms with Crippen LogP contribution in [0.25, 0.3) is 0 Å². The molecule has 1 atom stereocenters. The molecule has 0 radical (unpaired) electrons. The van der Waals surface area contributed by atoms with Crippen molar-refractivity contribution in [1.29, 1.82) is 0 Å². The van der Waals surface area contributed by atoms with E-state index in [-0.39, 0.29) is 23.6 Å². The number of carbonyl (C=O) groups excluding carboxylic acids is 2. The second-order valence-corrected chi connectivity index (χ2v) is 7.85. The molecular weight excluding hydrogens is 426 g/mol. The van der Waals surface area contributed by atoms with E-state index in [0.29, 0.717) is 41.1 Å². The van der Waals surface area contributed by atoms with Gasteiger partial charge in [-0.2, -0.15) is 0 Å². The van der Waals surface area contributed by atoms with Crippen molar-refractivity contribution in [2.75, 3.05) is 17.7 Å². The molecule has 2 N–H and O–H groups in total. The Bertz CT molecular complexity index is 1050. The van der Waals surface area contributed by atoms with Gasteiger partial charge in [0.2, 0.25) is 5.91 Å². The molecule has 3 rings (SSSR count). The first-order valence-corrected chi connectivity index (χ1v) is 11.5. The van der Waals surface area contributed by atoms with Gasteiger partial charge in [0, 0.05) is 12.1 Å². The first kappa shape index (κ1) is 23.3.